The van der Waals surface area contributed by atoms with E-state index in [0.717, 1.165) is 5.56 Å². The van der Waals surface area contributed by atoms with Gasteiger partial charge in [-0.15, -0.1) is 0 Å². The number of ether oxygens (including phenoxy) is 1. The smallest absolute Gasteiger partial charge is 0.488 e. The molecule has 2 aromatic rings. The summed E-state index contributed by atoms with van der Waals surface area (Å²) in [6.45, 7) is 0.348. The van der Waals surface area contributed by atoms with Crippen LogP contribution in [-0.4, -0.2) is 17.2 Å². The Morgan fingerprint density at radius 1 is 1.06 bits per heavy atom. The maximum Gasteiger partial charge on any atom is 0.488 e. The van der Waals surface area contributed by atoms with Crippen LogP contribution in [0, 0.1) is 0 Å². The third-order valence-corrected chi connectivity index (χ3v) is 2.69. The molecule has 0 heterocycles. The molecule has 3 nitrogen and oxygen atoms in total. The van der Waals surface area contributed by atoms with Crippen molar-refractivity contribution in [1.29, 1.82) is 0 Å². The molecule has 2 aromatic carbocycles. The van der Waals surface area contributed by atoms with Gasteiger partial charge < -0.3 is 14.8 Å². The molecule has 0 fully saturated rings. The summed E-state index contributed by atoms with van der Waals surface area (Å²) >= 11 is 5.85. The maximum absolute atomic E-state index is 9.07. The molecule has 0 aliphatic rings. The van der Waals surface area contributed by atoms with E-state index < -0.39 is 7.12 Å². The molecule has 0 bridgehead atoms. The number of halogens is 1. The van der Waals surface area contributed by atoms with E-state index >= 15 is 0 Å². The first-order valence-electron chi connectivity index (χ1n) is 5.48. The van der Waals surface area contributed by atoms with Gasteiger partial charge >= 0.3 is 7.12 Å². The molecule has 0 atom stereocenters. The van der Waals surface area contributed by atoms with Gasteiger partial charge in [0.25, 0.3) is 0 Å². The van der Waals surface area contributed by atoms with Crippen molar-refractivity contribution in [3.63, 3.8) is 0 Å². The zero-order valence-electron chi connectivity index (χ0n) is 9.58. The van der Waals surface area contributed by atoms with E-state index in [4.69, 9.17) is 26.4 Å². The highest BCUT2D eigenvalue weighted by atomic mass is 35.5. The maximum atomic E-state index is 9.07. The minimum atomic E-state index is -1.46. The third-order valence-electron chi connectivity index (χ3n) is 2.45. The first kappa shape index (κ1) is 13.0. The molecule has 0 saturated heterocycles. The van der Waals surface area contributed by atoms with Crippen LogP contribution in [0.15, 0.2) is 48.5 Å². The van der Waals surface area contributed by atoms with Crippen molar-refractivity contribution in [1.82, 2.24) is 0 Å². The molecule has 0 spiro atoms. The quantitative estimate of drug-likeness (QED) is 0.823. The van der Waals surface area contributed by atoms with Crippen LogP contribution in [-0.2, 0) is 6.61 Å². The monoisotopic (exact) mass is 262 g/mol. The largest absolute Gasteiger partial charge is 0.489 e. The Hall–Kier alpha value is -1.49. The molecular weight excluding hydrogens is 250 g/mol. The Morgan fingerprint density at radius 3 is 2.56 bits per heavy atom. The van der Waals surface area contributed by atoms with Gasteiger partial charge in [-0.2, -0.15) is 0 Å². The predicted octanol–water partition coefficient (Wildman–Crippen LogP) is 1.60. The van der Waals surface area contributed by atoms with E-state index in [1.807, 2.05) is 18.2 Å². The van der Waals surface area contributed by atoms with Crippen molar-refractivity contribution in [2.75, 3.05) is 0 Å². The van der Waals surface area contributed by atoms with Crippen molar-refractivity contribution >= 4 is 24.2 Å². The summed E-state index contributed by atoms with van der Waals surface area (Å²) in [6.07, 6.45) is 0. The molecule has 5 heteroatoms. The van der Waals surface area contributed by atoms with Crippen LogP contribution in [0.1, 0.15) is 5.56 Å². The van der Waals surface area contributed by atoms with Gasteiger partial charge in [0.1, 0.15) is 12.4 Å². The molecule has 2 N–H and O–H groups in total. The Morgan fingerprint density at radius 2 is 1.83 bits per heavy atom. The van der Waals surface area contributed by atoms with Gasteiger partial charge in [-0.05, 0) is 29.2 Å². The van der Waals surface area contributed by atoms with E-state index in [2.05, 4.69) is 0 Å². The summed E-state index contributed by atoms with van der Waals surface area (Å²) in [4.78, 5) is 0. The molecule has 0 unspecified atom stereocenters. The van der Waals surface area contributed by atoms with E-state index in [-0.39, 0.29) is 0 Å². The van der Waals surface area contributed by atoms with Gasteiger partial charge in [0.15, 0.2) is 0 Å². The lowest BCUT2D eigenvalue weighted by Gasteiger charge is -2.08. The topological polar surface area (TPSA) is 49.7 Å². The summed E-state index contributed by atoms with van der Waals surface area (Å²) in [5, 5.41) is 18.8. The highest BCUT2D eigenvalue weighted by molar-refractivity contribution is 6.58. The van der Waals surface area contributed by atoms with Gasteiger partial charge in [0, 0.05) is 5.02 Å². The van der Waals surface area contributed by atoms with Gasteiger partial charge in [0.2, 0.25) is 0 Å². The van der Waals surface area contributed by atoms with Crippen LogP contribution in [0.3, 0.4) is 0 Å². The van der Waals surface area contributed by atoms with Crippen molar-refractivity contribution in [3.05, 3.63) is 59.1 Å². The van der Waals surface area contributed by atoms with Crippen LogP contribution in [0.2, 0.25) is 5.02 Å². The lowest BCUT2D eigenvalue weighted by molar-refractivity contribution is 0.306. The minimum Gasteiger partial charge on any atom is -0.489 e. The zero-order valence-corrected chi connectivity index (χ0v) is 10.3. The van der Waals surface area contributed by atoms with Crippen LogP contribution < -0.4 is 10.2 Å². The summed E-state index contributed by atoms with van der Waals surface area (Å²) in [5.74, 6) is 0.678. The van der Waals surface area contributed by atoms with Crippen molar-refractivity contribution < 1.29 is 14.8 Å². The second-order valence-corrected chi connectivity index (χ2v) is 4.30. The Bertz CT molecular complexity index is 531. The molecule has 18 heavy (non-hydrogen) atoms. The fourth-order valence-electron chi connectivity index (χ4n) is 1.57. The minimum absolute atomic E-state index is 0.348. The molecule has 92 valence electrons. The van der Waals surface area contributed by atoms with Gasteiger partial charge in [-0.1, -0.05) is 41.9 Å². The van der Waals surface area contributed by atoms with E-state index in [0.29, 0.717) is 22.8 Å². The molecule has 0 saturated carbocycles. The normalized spacial score (nSPS) is 10.2. The van der Waals surface area contributed by atoms with Gasteiger partial charge in [-0.3, -0.25) is 0 Å². The fraction of sp³-hybridized carbons (Fsp3) is 0.0769. The fourth-order valence-corrected chi connectivity index (χ4v) is 1.75. The Balaban J connectivity index is 2.04. The standard InChI is InChI=1S/C13H12BClO3/c15-12-5-2-6-13(8-12)18-9-10-3-1-4-11(7-10)14(16)17/h1-8,16-17H,9H2. The number of rotatable bonds is 4. The van der Waals surface area contributed by atoms with Crippen LogP contribution >= 0.6 is 11.6 Å². The second-order valence-electron chi connectivity index (χ2n) is 3.86. The van der Waals surface area contributed by atoms with Crippen molar-refractivity contribution in [2.24, 2.45) is 0 Å². The number of benzene rings is 2. The lowest BCUT2D eigenvalue weighted by atomic mass is 9.80. The van der Waals surface area contributed by atoms with Crippen LogP contribution in [0.5, 0.6) is 5.75 Å². The number of hydrogen-bond donors (Lipinski definition) is 2. The van der Waals surface area contributed by atoms with E-state index in [1.165, 1.54) is 0 Å². The molecule has 0 aliphatic carbocycles. The average molecular weight is 263 g/mol. The van der Waals surface area contributed by atoms with Crippen molar-refractivity contribution in [2.45, 2.75) is 6.61 Å². The molecule has 0 amide bonds. The zero-order chi connectivity index (χ0) is 13.0. The number of hydrogen-bond acceptors (Lipinski definition) is 3. The van der Waals surface area contributed by atoms with Crippen LogP contribution in [0.25, 0.3) is 0 Å². The summed E-state index contributed by atoms with van der Waals surface area (Å²) in [7, 11) is -1.46. The van der Waals surface area contributed by atoms with E-state index in [1.54, 1.807) is 30.3 Å². The lowest BCUT2D eigenvalue weighted by Crippen LogP contribution is -2.29. The van der Waals surface area contributed by atoms with Gasteiger partial charge in [-0.25, -0.2) is 0 Å². The first-order valence-corrected chi connectivity index (χ1v) is 5.86. The Labute approximate surface area is 111 Å². The summed E-state index contributed by atoms with van der Waals surface area (Å²) in [6, 6.07) is 14.1. The summed E-state index contributed by atoms with van der Waals surface area (Å²) < 4.78 is 5.56. The molecule has 0 aliphatic heterocycles. The van der Waals surface area contributed by atoms with Gasteiger partial charge in [0.05, 0.1) is 0 Å². The highest BCUT2D eigenvalue weighted by Crippen LogP contribution is 2.18. The molecular formula is C13H12BClO3. The SMILES string of the molecule is OB(O)c1cccc(COc2cccc(Cl)c2)c1. The first-order chi connectivity index (χ1) is 8.65. The average Bonchev–Trinajstić information content (AvgIpc) is 2.37. The predicted molar refractivity (Wildman–Crippen MR) is 72.1 cm³/mol. The third kappa shape index (κ3) is 3.50. The molecule has 2 rings (SSSR count). The summed E-state index contributed by atoms with van der Waals surface area (Å²) in [5.41, 5.74) is 1.31. The second kappa shape index (κ2) is 5.91. The van der Waals surface area contributed by atoms with Crippen molar-refractivity contribution in [3.8, 4) is 5.75 Å². The van der Waals surface area contributed by atoms with Crippen LogP contribution in [0.4, 0.5) is 0 Å². The van der Waals surface area contributed by atoms with E-state index in [9.17, 15) is 0 Å². The molecule has 0 aromatic heterocycles. The molecule has 0 radical (unpaired) electrons. The Kier molecular flexibility index (Phi) is 4.26. The highest BCUT2D eigenvalue weighted by Gasteiger charge is 2.10.